The molecule has 0 aromatic heterocycles. The summed E-state index contributed by atoms with van der Waals surface area (Å²) in [6.07, 6.45) is -0.622. The van der Waals surface area contributed by atoms with Crippen molar-refractivity contribution in [1.82, 2.24) is 0 Å². The number of carbonyl (C=O) groups is 2. The zero-order chi connectivity index (χ0) is 17.0. The van der Waals surface area contributed by atoms with Crippen LogP contribution in [0, 0.1) is 13.8 Å². The fourth-order valence-electron chi connectivity index (χ4n) is 2.29. The summed E-state index contributed by atoms with van der Waals surface area (Å²) in [6.45, 7) is 7.19. The molecule has 4 heteroatoms. The Morgan fingerprint density at radius 1 is 1.00 bits per heavy atom. The van der Waals surface area contributed by atoms with E-state index in [0.717, 1.165) is 11.1 Å². The molecule has 0 radical (unpaired) electrons. The smallest absolute Gasteiger partial charge is 0.265 e. The summed E-state index contributed by atoms with van der Waals surface area (Å²) >= 11 is 0. The van der Waals surface area contributed by atoms with Gasteiger partial charge in [0.25, 0.3) is 5.91 Å². The molecule has 0 aliphatic heterocycles. The van der Waals surface area contributed by atoms with Gasteiger partial charge in [-0.15, -0.1) is 0 Å². The highest BCUT2D eigenvalue weighted by molar-refractivity contribution is 5.96. The van der Waals surface area contributed by atoms with Crippen molar-refractivity contribution in [2.45, 2.75) is 33.8 Å². The topological polar surface area (TPSA) is 55.4 Å². The number of carbonyl (C=O) groups excluding carboxylic acids is 2. The van der Waals surface area contributed by atoms with Crippen LogP contribution in [0.1, 0.15) is 35.3 Å². The lowest BCUT2D eigenvalue weighted by Gasteiger charge is -2.15. The van der Waals surface area contributed by atoms with Crippen LogP contribution in [0.3, 0.4) is 0 Å². The Balaban J connectivity index is 2.00. The van der Waals surface area contributed by atoms with E-state index in [1.54, 1.807) is 31.2 Å². The number of ketones is 1. The minimum absolute atomic E-state index is 0.00519. The average molecular weight is 311 g/mol. The van der Waals surface area contributed by atoms with E-state index in [0.29, 0.717) is 17.0 Å². The molecule has 0 spiro atoms. The number of benzene rings is 2. The van der Waals surface area contributed by atoms with Crippen molar-refractivity contribution >= 4 is 17.4 Å². The molecular weight excluding hydrogens is 290 g/mol. The Morgan fingerprint density at radius 2 is 1.57 bits per heavy atom. The zero-order valence-electron chi connectivity index (χ0n) is 13.8. The molecule has 2 aromatic carbocycles. The van der Waals surface area contributed by atoms with Crippen LogP contribution in [0.2, 0.25) is 0 Å². The first-order chi connectivity index (χ1) is 10.8. The van der Waals surface area contributed by atoms with Gasteiger partial charge in [0.05, 0.1) is 0 Å². The number of ether oxygens (including phenoxy) is 1. The second kappa shape index (κ2) is 7.09. The van der Waals surface area contributed by atoms with Gasteiger partial charge in [-0.2, -0.15) is 0 Å². The van der Waals surface area contributed by atoms with Crippen molar-refractivity contribution in [2.75, 3.05) is 5.32 Å². The molecular formula is C19H21NO3. The number of aryl methyl sites for hydroxylation is 2. The van der Waals surface area contributed by atoms with Gasteiger partial charge in [0.15, 0.2) is 11.9 Å². The highest BCUT2D eigenvalue weighted by atomic mass is 16.5. The average Bonchev–Trinajstić information content (AvgIpc) is 2.46. The predicted molar refractivity (Wildman–Crippen MR) is 91.1 cm³/mol. The number of anilines is 1. The number of nitrogens with one attached hydrogen (secondary N) is 1. The van der Waals surface area contributed by atoms with Crippen molar-refractivity contribution in [1.29, 1.82) is 0 Å². The van der Waals surface area contributed by atoms with Crippen LogP contribution < -0.4 is 10.1 Å². The van der Waals surface area contributed by atoms with Crippen molar-refractivity contribution in [3.8, 4) is 5.75 Å². The lowest BCUT2D eigenvalue weighted by Crippen LogP contribution is -2.30. The van der Waals surface area contributed by atoms with E-state index < -0.39 is 6.10 Å². The Labute approximate surface area is 136 Å². The standard InChI is InChI=1S/C19H21NO3/c1-12-9-13(2)11-18(10-12)23-15(4)19(22)20-17-7-5-16(6-8-17)14(3)21/h5-11,15H,1-4H3,(H,20,22). The Kier molecular flexibility index (Phi) is 5.16. The van der Waals surface area contributed by atoms with Crippen LogP contribution in [-0.4, -0.2) is 17.8 Å². The van der Waals surface area contributed by atoms with Crippen LogP contribution in [0.4, 0.5) is 5.69 Å². The Hall–Kier alpha value is -2.62. The second-order valence-electron chi connectivity index (χ2n) is 5.71. The minimum atomic E-state index is -0.622. The molecule has 0 aliphatic rings. The SMILES string of the molecule is CC(=O)c1ccc(NC(=O)C(C)Oc2cc(C)cc(C)c2)cc1. The van der Waals surface area contributed by atoms with Gasteiger partial charge < -0.3 is 10.1 Å². The lowest BCUT2D eigenvalue weighted by atomic mass is 10.1. The quantitative estimate of drug-likeness (QED) is 0.852. The van der Waals surface area contributed by atoms with Crippen LogP contribution in [0.5, 0.6) is 5.75 Å². The molecule has 1 N–H and O–H groups in total. The zero-order valence-corrected chi connectivity index (χ0v) is 13.8. The second-order valence-corrected chi connectivity index (χ2v) is 5.71. The van der Waals surface area contributed by atoms with E-state index >= 15 is 0 Å². The molecule has 2 rings (SSSR count). The van der Waals surface area contributed by atoms with Crippen molar-refractivity contribution in [2.24, 2.45) is 0 Å². The molecule has 1 atom stereocenters. The van der Waals surface area contributed by atoms with Crippen molar-refractivity contribution in [3.63, 3.8) is 0 Å². The van der Waals surface area contributed by atoms with Gasteiger partial charge in [0, 0.05) is 11.3 Å². The van der Waals surface area contributed by atoms with Crippen LogP contribution in [0.25, 0.3) is 0 Å². The predicted octanol–water partition coefficient (Wildman–Crippen LogP) is 3.91. The molecule has 4 nitrogen and oxygen atoms in total. The molecule has 2 aromatic rings. The molecule has 1 amide bonds. The van der Waals surface area contributed by atoms with Crippen molar-refractivity contribution < 1.29 is 14.3 Å². The third kappa shape index (κ3) is 4.68. The van der Waals surface area contributed by atoms with Gasteiger partial charge >= 0.3 is 0 Å². The van der Waals surface area contributed by atoms with E-state index in [4.69, 9.17) is 4.74 Å². The molecule has 1 unspecified atom stereocenters. The first kappa shape index (κ1) is 16.7. The molecule has 23 heavy (non-hydrogen) atoms. The van der Waals surface area contributed by atoms with Crippen LogP contribution in [-0.2, 0) is 4.79 Å². The molecule has 0 aliphatic carbocycles. The fourth-order valence-corrected chi connectivity index (χ4v) is 2.29. The molecule has 0 saturated heterocycles. The molecule has 0 bridgehead atoms. The molecule has 0 fully saturated rings. The van der Waals surface area contributed by atoms with Gasteiger partial charge in [0.2, 0.25) is 0 Å². The Morgan fingerprint density at radius 3 is 2.09 bits per heavy atom. The first-order valence-electron chi connectivity index (χ1n) is 7.52. The summed E-state index contributed by atoms with van der Waals surface area (Å²) in [4.78, 5) is 23.4. The number of hydrogen-bond acceptors (Lipinski definition) is 3. The maximum atomic E-state index is 12.2. The van der Waals surface area contributed by atoms with E-state index in [1.165, 1.54) is 6.92 Å². The normalized spacial score (nSPS) is 11.7. The van der Waals surface area contributed by atoms with Crippen LogP contribution >= 0.6 is 0 Å². The highest BCUT2D eigenvalue weighted by Crippen LogP contribution is 2.18. The monoisotopic (exact) mass is 311 g/mol. The van der Waals surface area contributed by atoms with Crippen molar-refractivity contribution in [3.05, 3.63) is 59.2 Å². The first-order valence-corrected chi connectivity index (χ1v) is 7.52. The highest BCUT2D eigenvalue weighted by Gasteiger charge is 2.15. The van der Waals surface area contributed by atoms with Gasteiger partial charge in [-0.05, 0) is 75.2 Å². The maximum absolute atomic E-state index is 12.2. The molecule has 0 heterocycles. The third-order valence-electron chi connectivity index (χ3n) is 3.44. The largest absolute Gasteiger partial charge is 0.481 e. The summed E-state index contributed by atoms with van der Waals surface area (Å²) in [7, 11) is 0. The van der Waals surface area contributed by atoms with Gasteiger partial charge in [-0.1, -0.05) is 6.07 Å². The van der Waals surface area contributed by atoms with E-state index in [1.807, 2.05) is 32.0 Å². The van der Waals surface area contributed by atoms with Gasteiger partial charge in [-0.25, -0.2) is 0 Å². The Bertz CT molecular complexity index is 700. The minimum Gasteiger partial charge on any atom is -0.481 e. The van der Waals surface area contributed by atoms with E-state index in [-0.39, 0.29) is 11.7 Å². The summed E-state index contributed by atoms with van der Waals surface area (Å²) in [6, 6.07) is 12.6. The summed E-state index contributed by atoms with van der Waals surface area (Å²) in [5, 5.41) is 2.78. The van der Waals surface area contributed by atoms with E-state index in [9.17, 15) is 9.59 Å². The van der Waals surface area contributed by atoms with Gasteiger partial charge in [-0.3, -0.25) is 9.59 Å². The number of hydrogen-bond donors (Lipinski definition) is 1. The summed E-state index contributed by atoms with van der Waals surface area (Å²) in [5.41, 5.74) is 3.43. The van der Waals surface area contributed by atoms with Gasteiger partial charge in [0.1, 0.15) is 5.75 Å². The summed E-state index contributed by atoms with van der Waals surface area (Å²) < 4.78 is 5.71. The number of rotatable bonds is 5. The maximum Gasteiger partial charge on any atom is 0.265 e. The third-order valence-corrected chi connectivity index (χ3v) is 3.44. The fraction of sp³-hybridized carbons (Fsp3) is 0.263. The van der Waals surface area contributed by atoms with E-state index in [2.05, 4.69) is 5.32 Å². The molecule has 0 saturated carbocycles. The molecule has 120 valence electrons. The summed E-state index contributed by atoms with van der Waals surface area (Å²) in [5.74, 6) is 0.436. The number of Topliss-reactive ketones (excluding diaryl/α,β-unsaturated/α-hetero) is 1. The lowest BCUT2D eigenvalue weighted by molar-refractivity contribution is -0.122. The number of amides is 1. The van der Waals surface area contributed by atoms with Crippen LogP contribution in [0.15, 0.2) is 42.5 Å².